The fraction of sp³-hybridized carbons (Fsp3) is 0.333. The van der Waals surface area contributed by atoms with E-state index in [0.29, 0.717) is 16.9 Å². The highest BCUT2D eigenvalue weighted by atomic mass is 19.4. The van der Waals surface area contributed by atoms with Gasteiger partial charge in [0, 0.05) is 12.0 Å². The Morgan fingerprint density at radius 1 is 0.947 bits per heavy atom. The first kappa shape index (κ1) is 26.0. The number of hydrogen-bond acceptors (Lipinski definition) is 5. The van der Waals surface area contributed by atoms with Crippen molar-refractivity contribution < 1.29 is 32.2 Å². The van der Waals surface area contributed by atoms with Crippen LogP contribution < -0.4 is 10.1 Å². The molecule has 4 atom stereocenters. The number of halogens is 3. The van der Waals surface area contributed by atoms with Crippen molar-refractivity contribution in [1.29, 1.82) is 0 Å². The van der Waals surface area contributed by atoms with E-state index in [-0.39, 0.29) is 18.0 Å². The van der Waals surface area contributed by atoms with E-state index in [4.69, 9.17) is 9.47 Å². The maximum absolute atomic E-state index is 14.4. The molecule has 8 heteroatoms. The van der Waals surface area contributed by atoms with E-state index in [0.717, 1.165) is 12.1 Å². The number of carbonyl (C=O) groups excluding carboxylic acids is 2. The molecule has 1 saturated heterocycles. The van der Waals surface area contributed by atoms with Gasteiger partial charge in [0.2, 0.25) is 0 Å². The number of para-hydroxylation sites is 1. The van der Waals surface area contributed by atoms with Crippen molar-refractivity contribution in [3.63, 3.8) is 0 Å². The molecular weight excluding hydrogens is 495 g/mol. The number of nitrogens with one attached hydrogen (secondary N) is 1. The SMILES string of the molecule is CC(C)(C)OC(=O)[C@H]1N[C@@H](c2ccccc2)[C@]2(COc3ccccc3C2=O)[C@@H]1c1cccc(C(F)(F)F)c1. The monoisotopic (exact) mass is 523 g/mol. The van der Waals surface area contributed by atoms with Crippen LogP contribution in [0, 0.1) is 5.41 Å². The molecule has 1 fully saturated rings. The fourth-order valence-electron chi connectivity index (χ4n) is 5.65. The van der Waals surface area contributed by atoms with Gasteiger partial charge in [-0.15, -0.1) is 0 Å². The molecule has 0 aromatic heterocycles. The molecule has 0 aliphatic carbocycles. The number of rotatable bonds is 3. The lowest BCUT2D eigenvalue weighted by Gasteiger charge is -2.42. The number of esters is 1. The third kappa shape index (κ3) is 4.47. The third-order valence-corrected chi connectivity index (χ3v) is 7.14. The van der Waals surface area contributed by atoms with Gasteiger partial charge in [0.15, 0.2) is 5.78 Å². The van der Waals surface area contributed by atoms with Gasteiger partial charge in [0.05, 0.1) is 16.5 Å². The van der Waals surface area contributed by atoms with Gasteiger partial charge in [-0.05, 0) is 50.1 Å². The number of hydrogen-bond donors (Lipinski definition) is 1. The Kier molecular flexibility index (Phi) is 6.34. The van der Waals surface area contributed by atoms with Crippen molar-refractivity contribution >= 4 is 11.8 Å². The average Bonchev–Trinajstić information content (AvgIpc) is 3.21. The van der Waals surface area contributed by atoms with E-state index in [2.05, 4.69) is 5.32 Å². The minimum absolute atomic E-state index is 0.129. The minimum Gasteiger partial charge on any atom is -0.492 e. The zero-order chi connectivity index (χ0) is 27.3. The minimum atomic E-state index is -4.60. The predicted molar refractivity (Wildman–Crippen MR) is 135 cm³/mol. The molecule has 1 spiro atoms. The Balaban J connectivity index is 1.75. The highest BCUT2D eigenvalue weighted by Crippen LogP contribution is 2.57. The van der Waals surface area contributed by atoms with Crippen molar-refractivity contribution in [2.45, 2.75) is 50.6 Å². The molecule has 2 heterocycles. The summed E-state index contributed by atoms with van der Waals surface area (Å²) in [6.45, 7) is 5.02. The number of Topliss-reactive ketones (excluding diaryl/α,β-unsaturated/α-hetero) is 1. The summed E-state index contributed by atoms with van der Waals surface area (Å²) < 4.78 is 53.2. The summed E-state index contributed by atoms with van der Waals surface area (Å²) in [6.07, 6.45) is -4.60. The quantitative estimate of drug-likeness (QED) is 0.420. The van der Waals surface area contributed by atoms with Crippen molar-refractivity contribution in [2.24, 2.45) is 5.41 Å². The lowest BCUT2D eigenvalue weighted by Crippen LogP contribution is -2.48. The maximum atomic E-state index is 14.4. The number of fused-ring (bicyclic) bond motifs is 1. The van der Waals surface area contributed by atoms with Crippen molar-refractivity contribution in [2.75, 3.05) is 6.61 Å². The van der Waals surface area contributed by atoms with E-state index >= 15 is 0 Å². The zero-order valence-electron chi connectivity index (χ0n) is 21.2. The van der Waals surface area contributed by atoms with Crippen LogP contribution >= 0.6 is 0 Å². The Morgan fingerprint density at radius 3 is 2.29 bits per heavy atom. The molecule has 5 nitrogen and oxygen atoms in total. The number of carbonyl (C=O) groups is 2. The highest BCUT2D eigenvalue weighted by molar-refractivity contribution is 6.06. The Labute approximate surface area is 219 Å². The van der Waals surface area contributed by atoms with Gasteiger partial charge >= 0.3 is 12.1 Å². The number of ketones is 1. The van der Waals surface area contributed by atoms with Crippen LogP contribution in [-0.2, 0) is 15.7 Å². The molecule has 0 bridgehead atoms. The van der Waals surface area contributed by atoms with Gasteiger partial charge < -0.3 is 9.47 Å². The van der Waals surface area contributed by atoms with Gasteiger partial charge in [0.1, 0.15) is 24.0 Å². The largest absolute Gasteiger partial charge is 0.492 e. The number of alkyl halides is 3. The molecule has 198 valence electrons. The van der Waals surface area contributed by atoms with Crippen LogP contribution in [-0.4, -0.2) is 30.0 Å². The Bertz CT molecular complexity index is 1370. The van der Waals surface area contributed by atoms with Crippen LogP contribution in [0.5, 0.6) is 5.75 Å². The molecule has 2 aliphatic rings. The first-order valence-electron chi connectivity index (χ1n) is 12.4. The Morgan fingerprint density at radius 2 is 1.61 bits per heavy atom. The molecule has 0 saturated carbocycles. The zero-order valence-corrected chi connectivity index (χ0v) is 21.2. The second-order valence-corrected chi connectivity index (χ2v) is 10.8. The molecule has 5 rings (SSSR count). The summed E-state index contributed by atoms with van der Waals surface area (Å²) in [4.78, 5) is 28.1. The normalized spacial score (nSPS) is 25.1. The topological polar surface area (TPSA) is 64.6 Å². The van der Waals surface area contributed by atoms with Crippen LogP contribution in [0.2, 0.25) is 0 Å². The predicted octanol–water partition coefficient (Wildman–Crippen LogP) is 6.11. The fourth-order valence-corrected chi connectivity index (χ4v) is 5.65. The summed E-state index contributed by atoms with van der Waals surface area (Å²) in [5.41, 5.74) is -1.90. The van der Waals surface area contributed by atoms with E-state index in [1.54, 1.807) is 45.0 Å². The summed E-state index contributed by atoms with van der Waals surface area (Å²) in [5.74, 6) is -1.55. The van der Waals surface area contributed by atoms with Crippen molar-refractivity contribution in [3.05, 3.63) is 101 Å². The molecule has 0 amide bonds. The van der Waals surface area contributed by atoms with Gasteiger partial charge in [-0.25, -0.2) is 0 Å². The van der Waals surface area contributed by atoms with Gasteiger partial charge in [-0.3, -0.25) is 14.9 Å². The van der Waals surface area contributed by atoms with E-state index < -0.39 is 46.7 Å². The van der Waals surface area contributed by atoms with Crippen molar-refractivity contribution in [3.8, 4) is 5.75 Å². The first-order chi connectivity index (χ1) is 17.9. The van der Waals surface area contributed by atoms with Crippen LogP contribution in [0.25, 0.3) is 0 Å². The molecule has 3 aromatic carbocycles. The molecule has 38 heavy (non-hydrogen) atoms. The van der Waals surface area contributed by atoms with Crippen molar-refractivity contribution in [1.82, 2.24) is 5.32 Å². The van der Waals surface area contributed by atoms with Gasteiger partial charge in [0.25, 0.3) is 0 Å². The molecule has 0 unspecified atom stereocenters. The summed E-state index contributed by atoms with van der Waals surface area (Å²) in [5, 5.41) is 3.30. The second kappa shape index (κ2) is 9.27. The van der Waals surface area contributed by atoms with Crippen LogP contribution in [0.3, 0.4) is 0 Å². The van der Waals surface area contributed by atoms with Gasteiger partial charge in [-0.1, -0.05) is 60.7 Å². The maximum Gasteiger partial charge on any atom is 0.416 e. The number of ether oxygens (including phenoxy) is 2. The summed E-state index contributed by atoms with van der Waals surface area (Å²) in [7, 11) is 0. The molecule has 0 radical (unpaired) electrons. The van der Waals surface area contributed by atoms with Crippen LogP contribution in [0.1, 0.15) is 59.8 Å². The third-order valence-electron chi connectivity index (χ3n) is 7.14. The molecule has 3 aromatic rings. The second-order valence-electron chi connectivity index (χ2n) is 10.8. The molecule has 2 aliphatic heterocycles. The van der Waals surface area contributed by atoms with Crippen LogP contribution in [0.15, 0.2) is 78.9 Å². The molecular formula is C30H28F3NO4. The summed E-state index contributed by atoms with van der Waals surface area (Å²) >= 11 is 0. The van der Waals surface area contributed by atoms with Crippen LogP contribution in [0.4, 0.5) is 13.2 Å². The summed E-state index contributed by atoms with van der Waals surface area (Å²) in [6, 6.07) is 18.9. The van der Waals surface area contributed by atoms with E-state index in [9.17, 15) is 22.8 Å². The lowest BCUT2D eigenvalue weighted by molar-refractivity contribution is -0.157. The Hall–Kier alpha value is -3.65. The van der Waals surface area contributed by atoms with Gasteiger partial charge in [-0.2, -0.15) is 13.2 Å². The smallest absolute Gasteiger partial charge is 0.416 e. The molecule has 1 N–H and O–H groups in total. The van der Waals surface area contributed by atoms with E-state index in [1.165, 1.54) is 12.1 Å². The van der Waals surface area contributed by atoms with E-state index in [1.807, 2.05) is 30.3 Å². The first-order valence-corrected chi connectivity index (χ1v) is 12.4. The lowest BCUT2D eigenvalue weighted by atomic mass is 9.62. The average molecular weight is 524 g/mol. The highest BCUT2D eigenvalue weighted by Gasteiger charge is 2.64. The number of benzene rings is 3. The standard InChI is InChI=1S/C30H28F3NO4/c1-28(2,3)38-27(36)24-23(19-12-9-13-20(16-19)30(31,32)33)29(25(34-24)18-10-5-4-6-11-18)17-37-22-15-8-7-14-21(22)26(29)35/h4-16,23-25,34H,17H2,1-3H3/t23-,24+,25+,29+/m1/s1.